The summed E-state index contributed by atoms with van der Waals surface area (Å²) < 4.78 is 54.6. The molecular formula is C58H88N4O14SSi. The number of esters is 1. The third kappa shape index (κ3) is 22.8. The van der Waals surface area contributed by atoms with E-state index in [1.54, 1.807) is 59.2 Å². The molecule has 3 saturated heterocycles. The standard InChI is InChI=1S/C20H27NOSi.C12H17NO5S.C11H19NO4.C10H17NO3.C5H8O/c1-23(2,3)22-20(19-15-10-16-21-19,17-11-6-4-7-12-17)18-13-8-5-9-14-18;1-9-5-7-10(8-6-9)19(15,16)18-13-11(14)17-12(2,3)4;1-6-7-8(9(13)15-5)12(7)10(14)16-11(2,3)4;1-5-7-8(6-12)11(7)9(13)14-10(2,3)4;1-2-3-4-5-6/h4-9,11-14,19,21H,10,15-16H2,1-3H3;5-8H,1-4H3,(H,13,14);7-8H,6H2,1-5H3;6-8H,5H2,1-4H3;3-5H,2H2,1H3/b;;;;4-3+/t19-;;7-,8+,12?;7-,8-,11?;/m0.11./s1. The van der Waals surface area contributed by atoms with Gasteiger partial charge in [-0.25, -0.2) is 19.2 Å². The zero-order valence-corrected chi connectivity index (χ0v) is 50.9. The highest BCUT2D eigenvalue weighted by Gasteiger charge is 2.57. The second kappa shape index (κ2) is 30.4. The molecule has 18 nitrogen and oxygen atoms in total. The first kappa shape index (κ1) is 68.2. The Labute approximate surface area is 465 Å². The van der Waals surface area contributed by atoms with Crippen LogP contribution in [-0.2, 0) is 57.8 Å². The van der Waals surface area contributed by atoms with E-state index in [0.29, 0.717) is 6.04 Å². The first-order valence-electron chi connectivity index (χ1n) is 26.5. The Balaban J connectivity index is 0.000000348. The van der Waals surface area contributed by atoms with E-state index in [2.05, 4.69) is 94.6 Å². The van der Waals surface area contributed by atoms with Crippen LogP contribution in [0.1, 0.15) is 132 Å². The van der Waals surface area contributed by atoms with E-state index in [-0.39, 0.29) is 35.1 Å². The van der Waals surface area contributed by atoms with Crippen LogP contribution in [0.4, 0.5) is 14.4 Å². The summed E-state index contributed by atoms with van der Waals surface area (Å²) in [6.07, 6.45) is 7.91. The molecule has 5 atom stereocenters. The van der Waals surface area contributed by atoms with Crippen molar-refractivity contribution in [3.05, 3.63) is 114 Å². The Bertz CT molecular complexity index is 2460. The monoisotopic (exact) mass is 1120 g/mol. The van der Waals surface area contributed by atoms with Crippen LogP contribution in [0, 0.1) is 6.92 Å². The Kier molecular flexibility index (Phi) is 26.6. The molecule has 3 heterocycles. The number of aryl methyl sites for hydroxylation is 1. The Morgan fingerprint density at radius 3 is 1.56 bits per heavy atom. The minimum absolute atomic E-state index is 0.0438. The zero-order valence-electron chi connectivity index (χ0n) is 49.0. The number of carbonyl (C=O) groups is 6. The number of rotatable bonds is 14. The number of hydrogen-bond donors (Lipinski definition) is 2. The summed E-state index contributed by atoms with van der Waals surface area (Å²) in [4.78, 5) is 68.8. The minimum Gasteiger partial charge on any atom is -0.467 e. The predicted molar refractivity (Wildman–Crippen MR) is 303 cm³/mol. The highest BCUT2D eigenvalue weighted by atomic mass is 32.2. The molecule has 6 rings (SSSR count). The van der Waals surface area contributed by atoms with Gasteiger partial charge in [-0.1, -0.05) is 105 Å². The summed E-state index contributed by atoms with van der Waals surface area (Å²) in [5.41, 5.74) is 3.00. The van der Waals surface area contributed by atoms with E-state index in [4.69, 9.17) is 18.6 Å². The summed E-state index contributed by atoms with van der Waals surface area (Å²) >= 11 is 0. The molecule has 434 valence electrons. The summed E-state index contributed by atoms with van der Waals surface area (Å²) in [6.45, 7) is 31.4. The maximum atomic E-state index is 11.7. The van der Waals surface area contributed by atoms with Gasteiger partial charge < -0.3 is 33.5 Å². The van der Waals surface area contributed by atoms with Gasteiger partial charge in [0.1, 0.15) is 41.0 Å². The highest BCUT2D eigenvalue weighted by molar-refractivity contribution is 7.86. The molecule has 0 bridgehead atoms. The van der Waals surface area contributed by atoms with E-state index in [1.165, 1.54) is 52.7 Å². The van der Waals surface area contributed by atoms with Gasteiger partial charge in [0, 0.05) is 6.04 Å². The number of nitrogens with one attached hydrogen (secondary N) is 2. The average molecular weight is 1130 g/mol. The van der Waals surface area contributed by atoms with E-state index >= 15 is 0 Å². The Morgan fingerprint density at radius 2 is 1.21 bits per heavy atom. The van der Waals surface area contributed by atoms with E-state index in [9.17, 15) is 37.2 Å². The third-order valence-corrected chi connectivity index (χ3v) is 13.4. The molecule has 0 unspecified atom stereocenters. The topological polar surface area (TPSA) is 222 Å². The highest BCUT2D eigenvalue weighted by Crippen LogP contribution is 2.42. The maximum Gasteiger partial charge on any atom is 0.432 e. The lowest BCUT2D eigenvalue weighted by molar-refractivity contribution is -0.141. The van der Waals surface area contributed by atoms with E-state index in [0.717, 1.165) is 50.4 Å². The van der Waals surface area contributed by atoms with Crippen LogP contribution < -0.4 is 10.8 Å². The summed E-state index contributed by atoms with van der Waals surface area (Å²) in [5.74, 6) is -0.377. The van der Waals surface area contributed by atoms with Gasteiger partial charge in [0.25, 0.3) is 0 Å². The molecule has 3 fully saturated rings. The molecule has 20 heteroatoms. The van der Waals surface area contributed by atoms with Gasteiger partial charge in [0.05, 0.1) is 24.1 Å². The molecule has 3 aromatic rings. The van der Waals surface area contributed by atoms with Crippen molar-refractivity contribution < 1.29 is 64.8 Å². The molecule has 0 saturated carbocycles. The fourth-order valence-corrected chi connectivity index (χ4v) is 10.2. The van der Waals surface area contributed by atoms with Crippen LogP contribution in [0.5, 0.6) is 0 Å². The number of benzene rings is 3. The van der Waals surface area contributed by atoms with Gasteiger partial charge in [0.15, 0.2) is 14.4 Å². The molecule has 0 aliphatic carbocycles. The number of hydrogen-bond acceptors (Lipinski definition) is 15. The first-order chi connectivity index (χ1) is 36.3. The summed E-state index contributed by atoms with van der Waals surface area (Å²) in [7, 11) is -4.49. The van der Waals surface area contributed by atoms with Crippen molar-refractivity contribution in [2.75, 3.05) is 13.7 Å². The molecule has 0 radical (unpaired) electrons. The van der Waals surface area contributed by atoms with Crippen molar-refractivity contribution in [1.82, 2.24) is 20.6 Å². The van der Waals surface area contributed by atoms with Crippen LogP contribution >= 0.6 is 0 Å². The number of ether oxygens (including phenoxy) is 4. The number of hydroxylamine groups is 1. The Hall–Kier alpha value is -5.93. The lowest BCUT2D eigenvalue weighted by Crippen LogP contribution is -2.53. The van der Waals surface area contributed by atoms with Crippen molar-refractivity contribution in [3.8, 4) is 0 Å². The molecular weight excluding hydrogens is 1040 g/mol. The fraction of sp³-hybridized carbons (Fsp3) is 0.552. The predicted octanol–water partition coefficient (Wildman–Crippen LogP) is 11.0. The number of carbonyl (C=O) groups excluding carboxylic acids is 6. The van der Waals surface area contributed by atoms with Gasteiger partial charge >= 0.3 is 34.4 Å². The van der Waals surface area contributed by atoms with Gasteiger partial charge in [-0.15, -0.1) is 4.28 Å². The van der Waals surface area contributed by atoms with Crippen molar-refractivity contribution >= 4 is 55.3 Å². The largest absolute Gasteiger partial charge is 0.467 e. The van der Waals surface area contributed by atoms with Gasteiger partial charge in [-0.2, -0.15) is 13.9 Å². The van der Waals surface area contributed by atoms with Gasteiger partial charge in [-0.05, 0) is 157 Å². The maximum absolute atomic E-state index is 11.7. The van der Waals surface area contributed by atoms with Crippen molar-refractivity contribution in [3.63, 3.8) is 0 Å². The third-order valence-electron chi connectivity index (χ3n) is 11.4. The number of allylic oxidation sites excluding steroid dienone is 2. The first-order valence-corrected chi connectivity index (χ1v) is 31.3. The van der Waals surface area contributed by atoms with Gasteiger partial charge in [0.2, 0.25) is 0 Å². The van der Waals surface area contributed by atoms with Crippen molar-refractivity contribution in [1.29, 1.82) is 0 Å². The molecule has 0 aromatic heterocycles. The molecule has 3 aliphatic rings. The number of methoxy groups -OCH3 is 1. The van der Waals surface area contributed by atoms with Crippen LogP contribution in [0.3, 0.4) is 0 Å². The second-order valence-electron chi connectivity index (χ2n) is 22.6. The lowest BCUT2D eigenvalue weighted by Gasteiger charge is -2.44. The molecule has 3 amide bonds. The van der Waals surface area contributed by atoms with Crippen LogP contribution in [0.15, 0.2) is 102 Å². The van der Waals surface area contributed by atoms with E-state index < -0.39 is 59.1 Å². The summed E-state index contributed by atoms with van der Waals surface area (Å²) in [6, 6.07) is 27.1. The number of aldehydes is 2. The normalized spacial score (nSPS) is 18.8. The molecule has 0 spiro atoms. The molecule has 3 aliphatic heterocycles. The smallest absolute Gasteiger partial charge is 0.432 e. The van der Waals surface area contributed by atoms with E-state index in [1.807, 2.05) is 54.5 Å². The fourth-order valence-electron chi connectivity index (χ4n) is 8.10. The lowest BCUT2D eigenvalue weighted by atomic mass is 9.79. The second-order valence-corrected chi connectivity index (χ2v) is 28.6. The SMILES string of the molecule is CC/C=C/C=O.CC[C@@H]1[C@@H](C(=O)OC)N1C(=O)OC(C)(C)C.CC[C@@H]1[C@@H](C=O)N1C(=O)OC(C)(C)C.C[Si](C)(C)OC(c1ccccc1)(c1ccccc1)[C@@H]1CCCN1.Cc1ccc(S(=O)(=O)ONC(=O)OC(C)(C)C)cc1. The zero-order chi connectivity index (χ0) is 59.3. The van der Waals surface area contributed by atoms with Crippen LogP contribution in [-0.4, -0.2) is 124 Å². The summed E-state index contributed by atoms with van der Waals surface area (Å²) in [5, 5.41) is 3.71. The van der Waals surface area contributed by atoms with Crippen LogP contribution in [0.2, 0.25) is 19.6 Å². The quantitative estimate of drug-likeness (QED) is 0.0291. The number of amides is 3. The van der Waals surface area contributed by atoms with Crippen molar-refractivity contribution in [2.24, 2.45) is 0 Å². The van der Waals surface area contributed by atoms with Crippen LogP contribution in [0.25, 0.3) is 0 Å². The number of nitrogens with zero attached hydrogens (tertiary/aromatic N) is 2. The average Bonchev–Trinajstić information content (AvgIpc) is 4.21. The van der Waals surface area contributed by atoms with Gasteiger partial charge in [-0.3, -0.25) is 14.6 Å². The molecule has 3 aromatic carbocycles. The minimum atomic E-state index is -4.04. The van der Waals surface area contributed by atoms with Crippen molar-refractivity contribution in [2.45, 2.75) is 199 Å². The Morgan fingerprint density at radius 1 is 0.718 bits per heavy atom. The molecule has 2 N–H and O–H groups in total. The molecule has 78 heavy (non-hydrogen) atoms.